The summed E-state index contributed by atoms with van der Waals surface area (Å²) in [6, 6.07) is 0. The predicted octanol–water partition coefficient (Wildman–Crippen LogP) is 9.34. The SMILES string of the molecule is C/C=C(\CC)N=NC.C=C.CC.CC.CC.CC.CC.CC. The van der Waals surface area contributed by atoms with Crippen molar-refractivity contribution in [2.45, 2.75) is 103 Å². The van der Waals surface area contributed by atoms with Crippen molar-refractivity contribution in [3.05, 3.63) is 24.9 Å². The molecule has 0 heterocycles. The second-order valence-corrected chi connectivity index (χ2v) is 1.43. The molecule has 0 radical (unpaired) electrons. The van der Waals surface area contributed by atoms with Gasteiger partial charge in [0.2, 0.25) is 0 Å². The largest absolute Gasteiger partial charge is 0.192 e. The molecule has 0 saturated heterocycles. The van der Waals surface area contributed by atoms with E-state index in [0.717, 1.165) is 12.1 Å². The molecule has 0 aromatic carbocycles. The highest BCUT2D eigenvalue weighted by Gasteiger charge is 1.82. The summed E-state index contributed by atoms with van der Waals surface area (Å²) in [6.07, 6.45) is 2.93. The molecule has 0 bridgehead atoms. The lowest BCUT2D eigenvalue weighted by molar-refractivity contribution is 0.977. The molecule has 0 aromatic heterocycles. The summed E-state index contributed by atoms with van der Waals surface area (Å²) in [5.41, 5.74) is 1.05. The lowest BCUT2D eigenvalue weighted by atomic mass is 10.3. The molecule has 0 amide bonds. The summed E-state index contributed by atoms with van der Waals surface area (Å²) in [5.74, 6) is 0. The van der Waals surface area contributed by atoms with Crippen LogP contribution in [0.25, 0.3) is 0 Å². The number of rotatable bonds is 2. The molecule has 0 N–H and O–H groups in total. The van der Waals surface area contributed by atoms with Crippen molar-refractivity contribution < 1.29 is 0 Å². The van der Waals surface area contributed by atoms with E-state index in [-0.39, 0.29) is 0 Å². The van der Waals surface area contributed by atoms with E-state index in [1.54, 1.807) is 7.05 Å². The molecule has 0 fully saturated rings. The van der Waals surface area contributed by atoms with Gasteiger partial charge in [0.1, 0.15) is 0 Å². The molecule has 142 valence electrons. The van der Waals surface area contributed by atoms with Crippen LogP contribution in [0.3, 0.4) is 0 Å². The number of azo groups is 1. The van der Waals surface area contributed by atoms with E-state index in [2.05, 4.69) is 30.3 Å². The van der Waals surface area contributed by atoms with Crippen molar-refractivity contribution in [2.24, 2.45) is 10.2 Å². The van der Waals surface area contributed by atoms with Gasteiger partial charge in [-0.2, -0.15) is 10.2 Å². The minimum atomic E-state index is 0.966. The molecular formula is C20H52N2. The Bertz CT molecular complexity index is 114. The number of allylic oxidation sites excluding steroid dienone is 2. The third kappa shape index (κ3) is 169. The topological polar surface area (TPSA) is 24.7 Å². The maximum atomic E-state index is 3.85. The van der Waals surface area contributed by atoms with Crippen LogP contribution in [0, 0.1) is 0 Å². The monoisotopic (exact) mass is 320 g/mol. The summed E-state index contributed by atoms with van der Waals surface area (Å²) in [7, 11) is 1.68. The Kier molecular flexibility index (Phi) is 447. The second-order valence-electron chi connectivity index (χ2n) is 1.43. The van der Waals surface area contributed by atoms with Crippen LogP contribution in [0.4, 0.5) is 0 Å². The summed E-state index contributed by atoms with van der Waals surface area (Å²) < 4.78 is 0. The summed E-state index contributed by atoms with van der Waals surface area (Å²) in [4.78, 5) is 0. The van der Waals surface area contributed by atoms with Gasteiger partial charge in [-0.3, -0.25) is 0 Å². The van der Waals surface area contributed by atoms with Crippen molar-refractivity contribution in [3.8, 4) is 0 Å². The van der Waals surface area contributed by atoms with E-state index in [9.17, 15) is 0 Å². The van der Waals surface area contributed by atoms with Gasteiger partial charge in [0, 0.05) is 7.05 Å². The van der Waals surface area contributed by atoms with Crippen molar-refractivity contribution >= 4 is 0 Å². The van der Waals surface area contributed by atoms with Gasteiger partial charge in [-0.15, -0.1) is 13.2 Å². The zero-order valence-electron chi connectivity index (χ0n) is 19.1. The van der Waals surface area contributed by atoms with Gasteiger partial charge in [0.25, 0.3) is 0 Å². The molecule has 22 heavy (non-hydrogen) atoms. The average molecular weight is 321 g/mol. The Morgan fingerprint density at radius 1 is 0.727 bits per heavy atom. The average Bonchev–Trinajstić information content (AvgIpc) is 2.71. The fraction of sp³-hybridized carbons (Fsp3) is 0.800. The van der Waals surface area contributed by atoms with Crippen LogP contribution in [0.15, 0.2) is 35.2 Å². The first-order valence-electron chi connectivity index (χ1n) is 9.30. The molecule has 0 saturated carbocycles. The fourth-order valence-corrected chi connectivity index (χ4v) is 0.461. The van der Waals surface area contributed by atoms with Crippen LogP contribution >= 0.6 is 0 Å². The molecule has 2 heteroatoms. The second kappa shape index (κ2) is 198. The minimum absolute atomic E-state index is 0.966. The van der Waals surface area contributed by atoms with E-state index in [4.69, 9.17) is 0 Å². The molecule has 0 aliphatic heterocycles. The van der Waals surface area contributed by atoms with Gasteiger partial charge < -0.3 is 0 Å². The van der Waals surface area contributed by atoms with Crippen LogP contribution < -0.4 is 0 Å². The third-order valence-electron chi connectivity index (χ3n) is 0.924. The quantitative estimate of drug-likeness (QED) is 0.357. The third-order valence-corrected chi connectivity index (χ3v) is 0.924. The van der Waals surface area contributed by atoms with Crippen LogP contribution in [-0.2, 0) is 0 Å². The van der Waals surface area contributed by atoms with E-state index in [1.807, 2.05) is 96.1 Å². The van der Waals surface area contributed by atoms with E-state index in [1.165, 1.54) is 0 Å². The first-order valence-corrected chi connectivity index (χ1v) is 9.30. The van der Waals surface area contributed by atoms with Crippen molar-refractivity contribution in [2.75, 3.05) is 7.05 Å². The zero-order chi connectivity index (χ0) is 20.4. The summed E-state index contributed by atoms with van der Waals surface area (Å²) in [5, 5.41) is 7.48. The number of hydrogen-bond donors (Lipinski definition) is 0. The molecule has 0 unspecified atom stereocenters. The summed E-state index contributed by atoms with van der Waals surface area (Å²) >= 11 is 0. The fourth-order valence-electron chi connectivity index (χ4n) is 0.461. The Balaban J connectivity index is -0.0000000198. The standard InChI is InChI=1S/C6H12N2.6C2H6.C2H4/c1-4-6(5-2)8-7-3;7*1-2/h4H,5H2,1-3H3;6*1-2H3;1-2H2/b6-4+,8-7?;;;;;;;. The molecule has 0 aliphatic carbocycles. The molecular weight excluding hydrogens is 268 g/mol. The Hall–Kier alpha value is -0.920. The summed E-state index contributed by atoms with van der Waals surface area (Å²) in [6.45, 7) is 34.0. The number of nitrogens with zero attached hydrogens (tertiary/aromatic N) is 2. The highest BCUT2D eigenvalue weighted by atomic mass is 15.1. The van der Waals surface area contributed by atoms with Crippen molar-refractivity contribution in [1.82, 2.24) is 0 Å². The van der Waals surface area contributed by atoms with Gasteiger partial charge in [-0.05, 0) is 13.3 Å². The lowest BCUT2D eigenvalue weighted by Crippen LogP contribution is -1.69. The number of hydrogen-bond acceptors (Lipinski definition) is 2. The lowest BCUT2D eigenvalue weighted by Gasteiger charge is -1.88. The Labute approximate surface area is 146 Å². The van der Waals surface area contributed by atoms with Gasteiger partial charge >= 0.3 is 0 Å². The molecule has 0 rings (SSSR count). The molecule has 2 nitrogen and oxygen atoms in total. The predicted molar refractivity (Wildman–Crippen MR) is 114 cm³/mol. The van der Waals surface area contributed by atoms with Gasteiger partial charge in [0.15, 0.2) is 0 Å². The zero-order valence-corrected chi connectivity index (χ0v) is 19.1. The van der Waals surface area contributed by atoms with Gasteiger partial charge in [-0.1, -0.05) is 96.1 Å². The van der Waals surface area contributed by atoms with Crippen molar-refractivity contribution in [1.29, 1.82) is 0 Å². The first-order chi connectivity index (χ1) is 10.8. The van der Waals surface area contributed by atoms with Crippen LogP contribution in [-0.4, -0.2) is 7.05 Å². The normalized spacial score (nSPS) is 6.59. The van der Waals surface area contributed by atoms with Crippen LogP contribution in [0.2, 0.25) is 0 Å². The maximum Gasteiger partial charge on any atom is 0.0580 e. The van der Waals surface area contributed by atoms with E-state index in [0.29, 0.717) is 0 Å². The van der Waals surface area contributed by atoms with E-state index >= 15 is 0 Å². The molecule has 0 aromatic rings. The maximum absolute atomic E-state index is 3.85. The molecule has 0 atom stereocenters. The highest BCUT2D eigenvalue weighted by Crippen LogP contribution is 2.00. The van der Waals surface area contributed by atoms with Gasteiger partial charge in [-0.25, -0.2) is 0 Å². The van der Waals surface area contributed by atoms with Gasteiger partial charge in [0.05, 0.1) is 5.70 Å². The Morgan fingerprint density at radius 3 is 1.00 bits per heavy atom. The minimum Gasteiger partial charge on any atom is -0.192 e. The first kappa shape index (κ1) is 49.7. The highest BCUT2D eigenvalue weighted by molar-refractivity contribution is 4.94. The van der Waals surface area contributed by atoms with E-state index < -0.39 is 0 Å². The molecule has 0 spiro atoms. The van der Waals surface area contributed by atoms with Crippen LogP contribution in [0.5, 0.6) is 0 Å². The Morgan fingerprint density at radius 2 is 0.955 bits per heavy atom. The van der Waals surface area contributed by atoms with Crippen molar-refractivity contribution in [3.63, 3.8) is 0 Å². The smallest absolute Gasteiger partial charge is 0.0580 e. The van der Waals surface area contributed by atoms with Crippen LogP contribution in [0.1, 0.15) is 103 Å². The molecule has 0 aliphatic rings.